The van der Waals surface area contributed by atoms with Crippen molar-refractivity contribution in [2.24, 2.45) is 29.1 Å². The molecule has 8 nitrogen and oxygen atoms in total. The number of likely N-dealkylation sites (tertiary alicyclic amines) is 1. The highest BCUT2D eigenvalue weighted by Crippen LogP contribution is 2.65. The third kappa shape index (κ3) is 4.29. The zero-order valence-electron chi connectivity index (χ0n) is 24.5. The molecule has 3 fully saturated rings. The van der Waals surface area contributed by atoms with E-state index in [9.17, 15) is 28.7 Å². The molecule has 1 saturated carbocycles. The van der Waals surface area contributed by atoms with Crippen LogP contribution in [0.25, 0.3) is 0 Å². The standard InChI is InChI=1S/C34H30ClFN2O6S/c1-3-44-26-8-4-7-21(29(26)39)28-19-10-11-20-27(32(42)37(30(20)40)16-18-6-5-13-45-18)22(19)15-23-31(41)38(33(43)34(23,28)2)17-9-12-25(36)24(35)14-17/h4-10,12-14,20,22-23,27-28,39H,3,11,15-16H2,1-2H3/t20-,22+,23-,27-,28+,34+/m0/s1. The molecule has 1 N–H and O–H groups in total. The van der Waals surface area contributed by atoms with Crippen LogP contribution in [-0.4, -0.2) is 40.2 Å². The molecular weight excluding hydrogens is 619 g/mol. The number of halogens is 2. The van der Waals surface area contributed by atoms with Gasteiger partial charge in [-0.2, -0.15) is 0 Å². The van der Waals surface area contributed by atoms with Gasteiger partial charge in [-0.15, -0.1) is 11.3 Å². The summed E-state index contributed by atoms with van der Waals surface area (Å²) >= 11 is 7.54. The number of benzene rings is 2. The van der Waals surface area contributed by atoms with Crippen LogP contribution in [0.1, 0.15) is 43.0 Å². The molecule has 0 bridgehead atoms. The minimum absolute atomic E-state index is 0.141. The zero-order valence-corrected chi connectivity index (χ0v) is 26.1. The summed E-state index contributed by atoms with van der Waals surface area (Å²) in [5.41, 5.74) is -0.0897. The minimum atomic E-state index is -1.38. The first-order chi connectivity index (χ1) is 21.6. The van der Waals surface area contributed by atoms with E-state index >= 15 is 0 Å². The van der Waals surface area contributed by atoms with Crippen molar-refractivity contribution in [3.8, 4) is 11.5 Å². The Balaban J connectivity index is 1.37. The number of aromatic hydroxyl groups is 1. The van der Waals surface area contributed by atoms with Crippen LogP contribution in [0.3, 0.4) is 0 Å². The second-order valence-corrected chi connectivity index (χ2v) is 13.7. The van der Waals surface area contributed by atoms with Crippen LogP contribution in [0.2, 0.25) is 5.02 Å². The molecule has 2 saturated heterocycles. The fourth-order valence-corrected chi connectivity index (χ4v) is 8.92. The fourth-order valence-electron chi connectivity index (χ4n) is 8.05. The van der Waals surface area contributed by atoms with Gasteiger partial charge in [-0.05, 0) is 68.3 Å². The number of ether oxygens (including phenoxy) is 1. The molecule has 0 spiro atoms. The summed E-state index contributed by atoms with van der Waals surface area (Å²) in [4.78, 5) is 59.7. The molecule has 4 aliphatic rings. The topological polar surface area (TPSA) is 104 Å². The molecule has 0 radical (unpaired) electrons. The van der Waals surface area contributed by atoms with E-state index in [0.717, 1.165) is 21.4 Å². The van der Waals surface area contributed by atoms with E-state index in [4.69, 9.17) is 16.3 Å². The van der Waals surface area contributed by atoms with Gasteiger partial charge in [-0.3, -0.25) is 24.1 Å². The Bertz CT molecular complexity index is 1790. The van der Waals surface area contributed by atoms with Crippen LogP contribution in [0.5, 0.6) is 11.5 Å². The number of phenolic OH excluding ortho intramolecular Hbond substituents is 1. The molecule has 2 aromatic carbocycles. The van der Waals surface area contributed by atoms with Gasteiger partial charge in [0.1, 0.15) is 5.82 Å². The third-order valence-electron chi connectivity index (χ3n) is 10.1. The number of hydrogen-bond acceptors (Lipinski definition) is 7. The van der Waals surface area contributed by atoms with Gasteiger partial charge >= 0.3 is 0 Å². The van der Waals surface area contributed by atoms with Crippen molar-refractivity contribution in [1.29, 1.82) is 0 Å². The number of para-hydroxylation sites is 1. The average Bonchev–Trinajstić information content (AvgIpc) is 3.67. The van der Waals surface area contributed by atoms with Gasteiger partial charge < -0.3 is 9.84 Å². The number of imide groups is 2. The molecule has 45 heavy (non-hydrogen) atoms. The molecule has 6 atom stereocenters. The lowest BCUT2D eigenvalue weighted by molar-refractivity contribution is -0.141. The van der Waals surface area contributed by atoms with Gasteiger partial charge in [0.25, 0.3) is 0 Å². The summed E-state index contributed by atoms with van der Waals surface area (Å²) in [7, 11) is 0. The molecule has 3 aromatic rings. The van der Waals surface area contributed by atoms with Gasteiger partial charge in [-0.25, -0.2) is 9.29 Å². The van der Waals surface area contributed by atoms with E-state index in [1.807, 2.05) is 23.6 Å². The van der Waals surface area contributed by atoms with Crippen molar-refractivity contribution >= 4 is 52.3 Å². The predicted octanol–water partition coefficient (Wildman–Crippen LogP) is 6.08. The Morgan fingerprint density at radius 3 is 2.58 bits per heavy atom. The third-order valence-corrected chi connectivity index (χ3v) is 11.2. The van der Waals surface area contributed by atoms with Crippen molar-refractivity contribution in [2.45, 2.75) is 39.2 Å². The quantitative estimate of drug-likeness (QED) is 0.257. The number of thiophene rings is 1. The summed E-state index contributed by atoms with van der Waals surface area (Å²) in [6.45, 7) is 3.99. The Hall–Kier alpha value is -4.02. The molecule has 0 unspecified atom stereocenters. The number of allylic oxidation sites excluding steroid dienone is 2. The molecule has 232 valence electrons. The molecule has 11 heteroatoms. The number of amides is 4. The Labute approximate surface area is 268 Å². The van der Waals surface area contributed by atoms with Crippen LogP contribution in [-0.2, 0) is 25.7 Å². The molecule has 2 aliphatic carbocycles. The van der Waals surface area contributed by atoms with Crippen LogP contribution in [0, 0.1) is 34.9 Å². The lowest BCUT2D eigenvalue weighted by Gasteiger charge is -2.49. The molecule has 2 aliphatic heterocycles. The van der Waals surface area contributed by atoms with E-state index in [-0.39, 0.29) is 47.0 Å². The molecule has 3 heterocycles. The van der Waals surface area contributed by atoms with Gasteiger partial charge in [0.05, 0.1) is 47.0 Å². The normalized spacial score (nSPS) is 29.1. The Morgan fingerprint density at radius 1 is 1.07 bits per heavy atom. The summed E-state index contributed by atoms with van der Waals surface area (Å²) in [6, 6.07) is 12.5. The second-order valence-electron chi connectivity index (χ2n) is 12.2. The molecular formula is C34H30ClFN2O6S. The van der Waals surface area contributed by atoms with Crippen molar-refractivity contribution < 1.29 is 33.4 Å². The highest BCUT2D eigenvalue weighted by molar-refractivity contribution is 7.09. The van der Waals surface area contributed by atoms with Gasteiger partial charge in [0.15, 0.2) is 11.5 Å². The SMILES string of the molecule is CCOc1cccc([C@H]2C3=CC[C@@H]4C(=O)N(Cc5cccs5)C(=O)[C@@H]4[C@@H]3C[C@H]3C(=O)N(c4ccc(F)c(Cl)c4)C(=O)[C@@]23C)c1O. The highest BCUT2D eigenvalue weighted by Gasteiger charge is 2.68. The summed E-state index contributed by atoms with van der Waals surface area (Å²) < 4.78 is 19.8. The number of carbonyl (C=O) groups is 4. The van der Waals surface area contributed by atoms with Crippen LogP contribution < -0.4 is 9.64 Å². The summed E-state index contributed by atoms with van der Waals surface area (Å²) in [5, 5.41) is 13.2. The molecule has 7 rings (SSSR count). The number of fused-ring (bicyclic) bond motifs is 4. The number of nitrogens with zero attached hydrogens (tertiary/aromatic N) is 2. The maximum atomic E-state index is 14.5. The lowest BCUT2D eigenvalue weighted by Crippen LogP contribution is -2.48. The van der Waals surface area contributed by atoms with Crippen LogP contribution in [0.4, 0.5) is 10.1 Å². The molecule has 4 amide bonds. The lowest BCUT2D eigenvalue weighted by atomic mass is 9.51. The van der Waals surface area contributed by atoms with E-state index in [0.29, 0.717) is 18.6 Å². The Morgan fingerprint density at radius 2 is 1.87 bits per heavy atom. The van der Waals surface area contributed by atoms with E-state index < -0.39 is 52.6 Å². The highest BCUT2D eigenvalue weighted by atomic mass is 35.5. The summed E-state index contributed by atoms with van der Waals surface area (Å²) in [6.07, 6.45) is 2.39. The van der Waals surface area contributed by atoms with E-state index in [1.165, 1.54) is 28.4 Å². The first-order valence-electron chi connectivity index (χ1n) is 14.9. The number of anilines is 1. The largest absolute Gasteiger partial charge is 0.504 e. The summed E-state index contributed by atoms with van der Waals surface area (Å²) in [5.74, 6) is -5.66. The van der Waals surface area contributed by atoms with Gasteiger partial charge in [0, 0.05) is 16.4 Å². The average molecular weight is 649 g/mol. The van der Waals surface area contributed by atoms with Crippen molar-refractivity contribution in [2.75, 3.05) is 11.5 Å². The van der Waals surface area contributed by atoms with Crippen molar-refractivity contribution in [1.82, 2.24) is 4.90 Å². The van der Waals surface area contributed by atoms with E-state index in [2.05, 4.69) is 0 Å². The van der Waals surface area contributed by atoms with Crippen LogP contribution >= 0.6 is 22.9 Å². The maximum Gasteiger partial charge on any atom is 0.241 e. The monoisotopic (exact) mass is 648 g/mol. The van der Waals surface area contributed by atoms with E-state index in [1.54, 1.807) is 32.0 Å². The minimum Gasteiger partial charge on any atom is -0.504 e. The second kappa shape index (κ2) is 10.8. The maximum absolute atomic E-state index is 14.5. The first-order valence-corrected chi connectivity index (χ1v) is 16.2. The predicted molar refractivity (Wildman–Crippen MR) is 165 cm³/mol. The van der Waals surface area contributed by atoms with Crippen molar-refractivity contribution in [3.63, 3.8) is 0 Å². The number of hydrogen-bond donors (Lipinski definition) is 1. The van der Waals surface area contributed by atoms with Gasteiger partial charge in [0.2, 0.25) is 23.6 Å². The number of phenols is 1. The van der Waals surface area contributed by atoms with Gasteiger partial charge in [-0.1, -0.05) is 41.4 Å². The molecule has 1 aromatic heterocycles. The fraction of sp³-hybridized carbons (Fsp3) is 0.353. The first kappa shape index (κ1) is 29.7. The van der Waals surface area contributed by atoms with Crippen molar-refractivity contribution in [3.05, 3.63) is 86.8 Å². The zero-order chi connectivity index (χ0) is 31.8. The smallest absolute Gasteiger partial charge is 0.241 e. The Kier molecular flexibility index (Phi) is 7.13. The number of carbonyl (C=O) groups excluding carboxylic acids is 4. The van der Waals surface area contributed by atoms with Crippen LogP contribution in [0.15, 0.2) is 65.6 Å². The number of rotatable bonds is 6.